The number of nitrogens with zero attached hydrogens (tertiary/aromatic N) is 2. The van der Waals surface area contributed by atoms with Gasteiger partial charge in [-0.25, -0.2) is 4.98 Å². The summed E-state index contributed by atoms with van der Waals surface area (Å²) >= 11 is 0. The second-order valence-electron chi connectivity index (χ2n) is 14.8. The van der Waals surface area contributed by atoms with E-state index in [0.717, 1.165) is 61.2 Å². The van der Waals surface area contributed by atoms with E-state index in [2.05, 4.69) is 152 Å². The average Bonchev–Trinajstić information content (AvgIpc) is 3.87. The van der Waals surface area contributed by atoms with E-state index in [-0.39, 0.29) is 5.41 Å². The Labute approximate surface area is 312 Å². The van der Waals surface area contributed by atoms with E-state index in [4.69, 9.17) is 13.8 Å². The third-order valence-corrected chi connectivity index (χ3v) is 11.3. The molecule has 4 nitrogen and oxygen atoms in total. The van der Waals surface area contributed by atoms with Crippen LogP contribution in [-0.2, 0) is 5.41 Å². The van der Waals surface area contributed by atoms with Gasteiger partial charge in [0.2, 0.25) is 5.89 Å². The van der Waals surface area contributed by atoms with Gasteiger partial charge in [0.15, 0.2) is 11.2 Å². The van der Waals surface area contributed by atoms with E-state index in [1.165, 1.54) is 33.0 Å². The lowest BCUT2D eigenvalue weighted by Gasteiger charge is -2.29. The fourth-order valence-electron chi connectivity index (χ4n) is 8.61. The molecule has 0 unspecified atom stereocenters. The van der Waals surface area contributed by atoms with Crippen molar-refractivity contribution in [1.82, 2.24) is 4.98 Å². The molecular formula is C50H34N2O2. The summed E-state index contributed by atoms with van der Waals surface area (Å²) in [5.41, 5.74) is 14.5. The van der Waals surface area contributed by atoms with Gasteiger partial charge < -0.3 is 13.7 Å². The van der Waals surface area contributed by atoms with Crippen LogP contribution in [0.1, 0.15) is 25.0 Å². The number of hydrogen-bond donors (Lipinski definition) is 0. The molecule has 8 aromatic carbocycles. The summed E-state index contributed by atoms with van der Waals surface area (Å²) in [4.78, 5) is 7.26. The molecule has 2 heterocycles. The van der Waals surface area contributed by atoms with E-state index in [1.54, 1.807) is 0 Å². The lowest BCUT2D eigenvalue weighted by molar-refractivity contribution is 0.617. The molecule has 10 aromatic rings. The topological polar surface area (TPSA) is 42.4 Å². The summed E-state index contributed by atoms with van der Waals surface area (Å²) in [6, 6.07) is 60.3. The van der Waals surface area contributed by atoms with Crippen LogP contribution in [0.5, 0.6) is 0 Å². The summed E-state index contributed by atoms with van der Waals surface area (Å²) in [6.45, 7) is 4.65. The van der Waals surface area contributed by atoms with Gasteiger partial charge in [-0.2, -0.15) is 0 Å². The van der Waals surface area contributed by atoms with Gasteiger partial charge in [0.05, 0.1) is 11.4 Å². The fourth-order valence-corrected chi connectivity index (χ4v) is 8.61. The SMILES string of the molecule is CC1(C)c2ccccc2-c2cc(N(c3ccccc3-c3ccc4ccccc4c3)c3cccc4c3oc3cc5oc(-c6ccccc6)nc5cc34)ccc21. The van der Waals surface area contributed by atoms with Crippen LogP contribution in [0.25, 0.3) is 77.5 Å². The largest absolute Gasteiger partial charge is 0.454 e. The van der Waals surface area contributed by atoms with Crippen molar-refractivity contribution >= 4 is 60.9 Å². The molecule has 256 valence electrons. The molecule has 1 aliphatic carbocycles. The van der Waals surface area contributed by atoms with Gasteiger partial charge in [0, 0.05) is 39.1 Å². The molecule has 0 amide bonds. The third-order valence-electron chi connectivity index (χ3n) is 11.3. The zero-order chi connectivity index (χ0) is 36.0. The predicted octanol–water partition coefficient (Wildman–Crippen LogP) is 14.0. The van der Waals surface area contributed by atoms with Gasteiger partial charge in [0.25, 0.3) is 0 Å². The van der Waals surface area contributed by atoms with Gasteiger partial charge in [-0.3, -0.25) is 0 Å². The Kier molecular flexibility index (Phi) is 6.56. The molecule has 2 aromatic heterocycles. The Morgan fingerprint density at radius 3 is 2.11 bits per heavy atom. The minimum absolute atomic E-state index is 0.0949. The summed E-state index contributed by atoms with van der Waals surface area (Å²) < 4.78 is 13.2. The smallest absolute Gasteiger partial charge is 0.227 e. The van der Waals surface area contributed by atoms with E-state index < -0.39 is 0 Å². The molecule has 4 heteroatoms. The van der Waals surface area contributed by atoms with E-state index in [1.807, 2.05) is 36.4 Å². The van der Waals surface area contributed by atoms with Crippen LogP contribution < -0.4 is 4.90 Å². The number of aromatic nitrogens is 1. The molecule has 0 saturated heterocycles. The zero-order valence-corrected chi connectivity index (χ0v) is 29.9. The maximum Gasteiger partial charge on any atom is 0.227 e. The van der Waals surface area contributed by atoms with Crippen LogP contribution in [0, 0.1) is 0 Å². The number of fused-ring (bicyclic) bond motifs is 8. The lowest BCUT2D eigenvalue weighted by Crippen LogP contribution is -2.15. The highest BCUT2D eigenvalue weighted by molar-refractivity contribution is 6.13. The second-order valence-corrected chi connectivity index (χ2v) is 14.8. The average molecular weight is 695 g/mol. The molecule has 0 saturated carbocycles. The highest BCUT2D eigenvalue weighted by Crippen LogP contribution is 2.52. The van der Waals surface area contributed by atoms with Crippen LogP contribution >= 0.6 is 0 Å². The number of oxazole rings is 1. The van der Waals surface area contributed by atoms with Gasteiger partial charge in [-0.1, -0.05) is 129 Å². The molecule has 0 fully saturated rings. The number of para-hydroxylation sites is 2. The molecule has 0 radical (unpaired) electrons. The first-order valence-corrected chi connectivity index (χ1v) is 18.5. The van der Waals surface area contributed by atoms with Crippen molar-refractivity contribution in [2.45, 2.75) is 19.3 Å². The summed E-state index contributed by atoms with van der Waals surface area (Å²) in [7, 11) is 0. The summed E-state index contributed by atoms with van der Waals surface area (Å²) in [5.74, 6) is 0.598. The summed E-state index contributed by atoms with van der Waals surface area (Å²) in [5, 5.41) is 4.45. The molecule has 0 spiro atoms. The van der Waals surface area contributed by atoms with Crippen LogP contribution in [0.4, 0.5) is 17.1 Å². The van der Waals surface area contributed by atoms with E-state index in [0.29, 0.717) is 11.5 Å². The molecule has 11 rings (SSSR count). The van der Waals surface area contributed by atoms with E-state index >= 15 is 0 Å². The van der Waals surface area contributed by atoms with Crippen molar-refractivity contribution in [3.63, 3.8) is 0 Å². The summed E-state index contributed by atoms with van der Waals surface area (Å²) in [6.07, 6.45) is 0. The number of hydrogen-bond acceptors (Lipinski definition) is 4. The Bertz CT molecular complexity index is 3100. The quantitative estimate of drug-likeness (QED) is 0.180. The van der Waals surface area contributed by atoms with Crippen molar-refractivity contribution in [3.8, 4) is 33.7 Å². The first-order chi connectivity index (χ1) is 26.5. The molecule has 0 atom stereocenters. The molecular weight excluding hydrogens is 661 g/mol. The van der Waals surface area contributed by atoms with Crippen molar-refractivity contribution in [2.24, 2.45) is 0 Å². The van der Waals surface area contributed by atoms with Gasteiger partial charge in [-0.05, 0) is 87.1 Å². The normalized spacial score (nSPS) is 13.1. The van der Waals surface area contributed by atoms with Crippen molar-refractivity contribution < 1.29 is 8.83 Å². The Morgan fingerprint density at radius 1 is 0.481 bits per heavy atom. The number of anilines is 3. The van der Waals surface area contributed by atoms with Crippen molar-refractivity contribution in [3.05, 3.63) is 181 Å². The first kappa shape index (κ1) is 30.7. The van der Waals surface area contributed by atoms with Crippen LogP contribution in [0.3, 0.4) is 0 Å². The van der Waals surface area contributed by atoms with E-state index in [9.17, 15) is 0 Å². The van der Waals surface area contributed by atoms with Crippen LogP contribution in [-0.4, -0.2) is 4.98 Å². The molecule has 0 bridgehead atoms. The predicted molar refractivity (Wildman–Crippen MR) is 222 cm³/mol. The molecule has 54 heavy (non-hydrogen) atoms. The molecule has 0 aliphatic heterocycles. The minimum Gasteiger partial charge on any atom is -0.454 e. The zero-order valence-electron chi connectivity index (χ0n) is 29.9. The fraction of sp³-hybridized carbons (Fsp3) is 0.0600. The van der Waals surface area contributed by atoms with Gasteiger partial charge in [0.1, 0.15) is 11.1 Å². The van der Waals surface area contributed by atoms with Gasteiger partial charge >= 0.3 is 0 Å². The molecule has 1 aliphatic rings. The standard InChI is InChI=1S/C50H34N2O2/c1-50(2)41-20-10-8-18-37(41)39-28-35(25-26-42(39)50)52(44-21-11-9-17-36(44)34-24-23-31-13-6-7-16-33(31)27-34)45-22-12-19-38-40-29-43-47(30-46(40)53-48(38)45)54-49(51-43)32-14-4-3-5-15-32/h3-30H,1-2H3. The Balaban J connectivity index is 1.15. The number of rotatable bonds is 5. The Hall–Kier alpha value is -6.91. The monoisotopic (exact) mass is 694 g/mol. The highest BCUT2D eigenvalue weighted by Gasteiger charge is 2.36. The maximum atomic E-state index is 6.89. The Morgan fingerprint density at radius 2 is 1.22 bits per heavy atom. The van der Waals surface area contributed by atoms with Crippen molar-refractivity contribution in [1.29, 1.82) is 0 Å². The number of benzene rings is 8. The first-order valence-electron chi connectivity index (χ1n) is 18.5. The van der Waals surface area contributed by atoms with Crippen LogP contribution in [0.2, 0.25) is 0 Å². The third kappa shape index (κ3) is 4.60. The maximum absolute atomic E-state index is 6.89. The highest BCUT2D eigenvalue weighted by atomic mass is 16.4. The minimum atomic E-state index is -0.0949. The van der Waals surface area contributed by atoms with Gasteiger partial charge in [-0.15, -0.1) is 0 Å². The molecule has 0 N–H and O–H groups in total. The number of furan rings is 1. The lowest BCUT2D eigenvalue weighted by atomic mass is 9.82. The second kappa shape index (κ2) is 11.5. The van der Waals surface area contributed by atoms with Crippen molar-refractivity contribution in [2.75, 3.05) is 4.90 Å². The van der Waals surface area contributed by atoms with Crippen LogP contribution in [0.15, 0.2) is 179 Å².